The summed E-state index contributed by atoms with van der Waals surface area (Å²) in [6, 6.07) is 15.9. The molecule has 0 aliphatic carbocycles. The van der Waals surface area contributed by atoms with Gasteiger partial charge in [0.1, 0.15) is 17.1 Å². The Hall–Kier alpha value is -4.10. The third kappa shape index (κ3) is 4.22. The Morgan fingerprint density at radius 1 is 1.08 bits per heavy atom. The van der Waals surface area contributed by atoms with Gasteiger partial charge in [0.05, 0.1) is 30.7 Å². The second-order valence-corrected chi connectivity index (χ2v) is 9.62. The number of nitrogens with zero attached hydrogens (tertiary/aromatic N) is 1. The SMILES string of the molecule is COc1ccc(-c2coc3c(C)c(OC)c(/C(C)=C/C(=O)Nc4nc5c(C)cccc5s4)cc23)cc1. The minimum atomic E-state index is -0.244. The number of ether oxygens (including phenoxy) is 2. The number of rotatable bonds is 6. The van der Waals surface area contributed by atoms with Crippen LogP contribution in [-0.2, 0) is 4.79 Å². The molecule has 1 N–H and O–H groups in total. The molecule has 2 heterocycles. The van der Waals surface area contributed by atoms with Gasteiger partial charge in [0.25, 0.3) is 0 Å². The summed E-state index contributed by atoms with van der Waals surface area (Å²) in [6.45, 7) is 5.87. The normalized spacial score (nSPS) is 11.8. The average Bonchev–Trinajstić information content (AvgIpc) is 3.49. The van der Waals surface area contributed by atoms with E-state index in [1.54, 1.807) is 26.6 Å². The second kappa shape index (κ2) is 9.51. The van der Waals surface area contributed by atoms with E-state index in [0.29, 0.717) is 10.9 Å². The number of benzene rings is 3. The molecule has 0 fully saturated rings. The van der Waals surface area contributed by atoms with Gasteiger partial charge in [0.2, 0.25) is 5.91 Å². The van der Waals surface area contributed by atoms with Gasteiger partial charge in [-0.25, -0.2) is 4.98 Å². The summed E-state index contributed by atoms with van der Waals surface area (Å²) in [4.78, 5) is 17.5. The van der Waals surface area contributed by atoms with Crippen molar-refractivity contribution in [3.8, 4) is 22.6 Å². The van der Waals surface area contributed by atoms with Crippen LogP contribution >= 0.6 is 11.3 Å². The number of para-hydroxylation sites is 1. The third-order valence-corrected chi connectivity index (χ3v) is 7.21. The van der Waals surface area contributed by atoms with Crippen molar-refractivity contribution in [2.45, 2.75) is 20.8 Å². The number of allylic oxidation sites excluding steroid dienone is 1. The molecule has 6 nitrogen and oxygen atoms in total. The van der Waals surface area contributed by atoms with E-state index in [1.807, 2.05) is 69.3 Å². The van der Waals surface area contributed by atoms with E-state index in [-0.39, 0.29) is 5.91 Å². The summed E-state index contributed by atoms with van der Waals surface area (Å²) in [5.74, 6) is 1.22. The van der Waals surface area contributed by atoms with E-state index in [1.165, 1.54) is 11.3 Å². The average molecular weight is 499 g/mol. The molecule has 0 aliphatic heterocycles. The van der Waals surface area contributed by atoms with Crippen molar-refractivity contribution in [3.63, 3.8) is 0 Å². The minimum Gasteiger partial charge on any atom is -0.497 e. The summed E-state index contributed by atoms with van der Waals surface area (Å²) in [6.07, 6.45) is 3.33. The van der Waals surface area contributed by atoms with Gasteiger partial charge >= 0.3 is 0 Å². The van der Waals surface area contributed by atoms with Crippen molar-refractivity contribution in [1.29, 1.82) is 0 Å². The summed E-state index contributed by atoms with van der Waals surface area (Å²) in [5.41, 5.74) is 7.19. The van der Waals surface area contributed by atoms with Gasteiger partial charge in [0.15, 0.2) is 5.13 Å². The molecule has 0 unspecified atom stereocenters. The van der Waals surface area contributed by atoms with E-state index in [9.17, 15) is 4.79 Å². The number of anilines is 1. The van der Waals surface area contributed by atoms with Crippen molar-refractivity contribution in [2.24, 2.45) is 0 Å². The Bertz CT molecular complexity index is 1630. The fourth-order valence-electron chi connectivity index (χ4n) is 4.42. The third-order valence-electron chi connectivity index (χ3n) is 6.27. The Labute approximate surface area is 213 Å². The van der Waals surface area contributed by atoms with Crippen LogP contribution in [-0.4, -0.2) is 25.1 Å². The molecule has 3 aromatic carbocycles. The largest absolute Gasteiger partial charge is 0.497 e. The lowest BCUT2D eigenvalue weighted by Crippen LogP contribution is -2.08. The Morgan fingerprint density at radius 3 is 2.56 bits per heavy atom. The first kappa shape index (κ1) is 23.6. The van der Waals surface area contributed by atoms with Gasteiger partial charge in [-0.1, -0.05) is 35.6 Å². The molecule has 0 bridgehead atoms. The molecular weight excluding hydrogens is 472 g/mol. The van der Waals surface area contributed by atoms with Gasteiger partial charge in [0, 0.05) is 28.2 Å². The highest BCUT2D eigenvalue weighted by atomic mass is 32.1. The van der Waals surface area contributed by atoms with E-state index < -0.39 is 0 Å². The number of fused-ring (bicyclic) bond motifs is 2. The molecule has 0 atom stereocenters. The molecule has 2 aromatic heterocycles. The number of nitrogens with one attached hydrogen (secondary N) is 1. The highest BCUT2D eigenvalue weighted by Gasteiger charge is 2.19. The van der Waals surface area contributed by atoms with Crippen LogP contribution in [0.2, 0.25) is 0 Å². The number of thiazole rings is 1. The number of aromatic nitrogens is 1. The molecule has 0 aliphatic rings. The molecule has 7 heteroatoms. The molecule has 5 rings (SSSR count). The lowest BCUT2D eigenvalue weighted by Gasteiger charge is -2.13. The van der Waals surface area contributed by atoms with Gasteiger partial charge in [-0.3, -0.25) is 10.1 Å². The number of methoxy groups -OCH3 is 2. The van der Waals surface area contributed by atoms with Crippen molar-refractivity contribution in [1.82, 2.24) is 4.98 Å². The molecule has 36 heavy (non-hydrogen) atoms. The number of carbonyl (C=O) groups excluding carboxylic acids is 1. The molecule has 1 amide bonds. The quantitative estimate of drug-likeness (QED) is 0.247. The maximum absolute atomic E-state index is 12.9. The van der Waals surface area contributed by atoms with Crippen molar-refractivity contribution >= 4 is 49.1 Å². The zero-order valence-corrected chi connectivity index (χ0v) is 21.6. The number of carbonyl (C=O) groups is 1. The lowest BCUT2D eigenvalue weighted by molar-refractivity contribution is -0.111. The fraction of sp³-hybridized carbons (Fsp3) is 0.172. The maximum Gasteiger partial charge on any atom is 0.250 e. The van der Waals surface area contributed by atoms with Crippen LogP contribution in [0.1, 0.15) is 23.6 Å². The van der Waals surface area contributed by atoms with Gasteiger partial charge < -0.3 is 13.9 Å². The van der Waals surface area contributed by atoms with E-state index >= 15 is 0 Å². The van der Waals surface area contributed by atoms with Gasteiger partial charge in [-0.05, 0) is 61.7 Å². The van der Waals surface area contributed by atoms with Crippen LogP contribution in [0.5, 0.6) is 11.5 Å². The molecule has 0 spiro atoms. The summed E-state index contributed by atoms with van der Waals surface area (Å²) in [5, 5.41) is 4.43. The zero-order chi connectivity index (χ0) is 25.4. The number of amides is 1. The predicted molar refractivity (Wildman–Crippen MR) is 146 cm³/mol. The van der Waals surface area contributed by atoms with E-state index in [0.717, 1.165) is 60.3 Å². The first-order chi connectivity index (χ1) is 17.4. The van der Waals surface area contributed by atoms with Gasteiger partial charge in [-0.2, -0.15) is 0 Å². The summed E-state index contributed by atoms with van der Waals surface area (Å²) >= 11 is 1.46. The molecule has 0 radical (unpaired) electrons. The number of aryl methyl sites for hydroxylation is 2. The molecule has 5 aromatic rings. The second-order valence-electron chi connectivity index (χ2n) is 8.59. The number of hydrogen-bond acceptors (Lipinski definition) is 6. The van der Waals surface area contributed by atoms with Crippen LogP contribution in [0, 0.1) is 13.8 Å². The maximum atomic E-state index is 12.9. The Morgan fingerprint density at radius 2 is 1.86 bits per heavy atom. The van der Waals surface area contributed by atoms with Crippen molar-refractivity contribution in [3.05, 3.63) is 77.6 Å². The number of hydrogen-bond donors (Lipinski definition) is 1. The molecule has 182 valence electrons. The molecule has 0 saturated carbocycles. The van der Waals surface area contributed by atoms with Crippen molar-refractivity contribution in [2.75, 3.05) is 19.5 Å². The lowest BCUT2D eigenvalue weighted by atomic mass is 9.96. The van der Waals surface area contributed by atoms with Crippen molar-refractivity contribution < 1.29 is 18.7 Å². The van der Waals surface area contributed by atoms with Crippen LogP contribution in [0.4, 0.5) is 5.13 Å². The molecule has 0 saturated heterocycles. The first-order valence-electron chi connectivity index (χ1n) is 11.5. The smallest absolute Gasteiger partial charge is 0.250 e. The van der Waals surface area contributed by atoms with Gasteiger partial charge in [-0.15, -0.1) is 0 Å². The van der Waals surface area contributed by atoms with Crippen LogP contribution < -0.4 is 14.8 Å². The van der Waals surface area contributed by atoms with Crippen LogP contribution in [0.25, 0.3) is 37.9 Å². The van der Waals surface area contributed by atoms with E-state index in [4.69, 9.17) is 13.9 Å². The minimum absolute atomic E-state index is 0.244. The molecular formula is C29H26N2O4S. The fourth-order valence-corrected chi connectivity index (χ4v) is 5.37. The summed E-state index contributed by atoms with van der Waals surface area (Å²) < 4.78 is 18.0. The number of furan rings is 1. The zero-order valence-electron chi connectivity index (χ0n) is 20.8. The van der Waals surface area contributed by atoms with Crippen LogP contribution in [0.15, 0.2) is 65.3 Å². The highest BCUT2D eigenvalue weighted by molar-refractivity contribution is 7.22. The van der Waals surface area contributed by atoms with Crippen LogP contribution in [0.3, 0.4) is 0 Å². The topological polar surface area (TPSA) is 73.6 Å². The summed E-state index contributed by atoms with van der Waals surface area (Å²) in [7, 11) is 3.27. The Balaban J connectivity index is 1.51. The predicted octanol–water partition coefficient (Wildman–Crippen LogP) is 7.39. The Kier molecular flexibility index (Phi) is 6.24. The monoisotopic (exact) mass is 498 g/mol. The first-order valence-corrected chi connectivity index (χ1v) is 12.3. The standard InChI is InChI=1S/C29H26N2O4S/c1-16-7-6-8-24-26(16)31-29(36-24)30-25(32)13-17(2)21-14-22-23(19-9-11-20(33-4)12-10-19)15-35-28(22)18(3)27(21)34-5/h6-15H,1-5H3,(H,30,31,32)/b17-13+. The highest BCUT2D eigenvalue weighted by Crippen LogP contribution is 2.41. The van der Waals surface area contributed by atoms with E-state index in [2.05, 4.69) is 10.3 Å².